The van der Waals surface area contributed by atoms with Gasteiger partial charge in [0, 0.05) is 44.5 Å². The van der Waals surface area contributed by atoms with Gasteiger partial charge in [0.15, 0.2) is 17.4 Å². The lowest BCUT2D eigenvalue weighted by atomic mass is 10.00. The molecule has 3 heterocycles. The monoisotopic (exact) mass is 512 g/mol. The van der Waals surface area contributed by atoms with E-state index in [1.54, 1.807) is 0 Å². The van der Waals surface area contributed by atoms with E-state index >= 15 is 0 Å². The van der Waals surface area contributed by atoms with Crippen molar-refractivity contribution in [3.05, 3.63) is 35.4 Å². The van der Waals surface area contributed by atoms with Crippen LogP contribution in [-0.4, -0.2) is 61.1 Å². The smallest absolute Gasteiger partial charge is 0.420 e. The fourth-order valence-electron chi connectivity index (χ4n) is 5.88. The summed E-state index contributed by atoms with van der Waals surface area (Å²) >= 11 is 0. The van der Waals surface area contributed by atoms with Gasteiger partial charge in [0.05, 0.1) is 12.8 Å². The largest absolute Gasteiger partial charge is 0.494 e. The first-order chi connectivity index (χ1) is 17.2. The molecule has 1 aliphatic carbocycles. The molecule has 1 N–H and O–H groups in total. The van der Waals surface area contributed by atoms with Crippen LogP contribution in [-0.2, 0) is 10.9 Å². The van der Waals surface area contributed by atoms with Gasteiger partial charge in [0.1, 0.15) is 5.56 Å². The van der Waals surface area contributed by atoms with Crippen LogP contribution in [0.2, 0.25) is 0 Å². The number of benzene rings is 1. The molecule has 196 valence electrons. The van der Waals surface area contributed by atoms with E-state index in [2.05, 4.69) is 20.4 Å². The maximum absolute atomic E-state index is 14.5. The molecule has 6 nitrogen and oxygen atoms in total. The minimum Gasteiger partial charge on any atom is -0.494 e. The quantitative estimate of drug-likeness (QED) is 0.550. The zero-order valence-electron chi connectivity index (χ0n) is 20.0. The van der Waals surface area contributed by atoms with Crippen molar-refractivity contribution < 1.29 is 31.4 Å². The first kappa shape index (κ1) is 25.1. The second-order valence-electron chi connectivity index (χ2n) is 10.0. The predicted octanol–water partition coefficient (Wildman–Crippen LogP) is 5.00. The van der Waals surface area contributed by atoms with Gasteiger partial charge in [-0.15, -0.1) is 10.2 Å². The molecule has 1 unspecified atom stereocenters. The van der Waals surface area contributed by atoms with Gasteiger partial charge >= 0.3 is 6.18 Å². The number of hydrogen-bond donors (Lipinski definition) is 1. The maximum Gasteiger partial charge on any atom is 0.420 e. The van der Waals surface area contributed by atoms with Crippen LogP contribution in [0, 0.1) is 29.4 Å². The summed E-state index contributed by atoms with van der Waals surface area (Å²) < 4.78 is 80.5. The third-order valence-corrected chi connectivity index (χ3v) is 7.67. The summed E-state index contributed by atoms with van der Waals surface area (Å²) in [4.78, 5) is 2.49. The van der Waals surface area contributed by atoms with E-state index < -0.39 is 34.6 Å². The SMILES string of the molecule is COc1ccc(-c2cc(C(F)(F)F)c(NC3C[C@@H]4CN(CC5CCOCC5)C[C@@H]4C3)nn2)c(F)c1F. The normalized spacial score (nSPS) is 25.2. The van der Waals surface area contributed by atoms with Gasteiger partial charge in [-0.25, -0.2) is 4.39 Å². The number of aromatic nitrogens is 2. The van der Waals surface area contributed by atoms with Gasteiger partial charge in [-0.1, -0.05) is 0 Å². The highest BCUT2D eigenvalue weighted by Gasteiger charge is 2.43. The Kier molecular flexibility index (Phi) is 7.04. The number of nitrogens with zero attached hydrogens (tertiary/aromatic N) is 3. The fourth-order valence-corrected chi connectivity index (χ4v) is 5.88. The molecule has 0 radical (unpaired) electrons. The standard InChI is InChI=1S/C25H29F5N4O2/c1-35-21-3-2-18(22(26)23(21)27)20-10-19(25(28,29)30)24(33-32-20)31-17-8-15-12-34(13-16(15)9-17)11-14-4-6-36-7-5-14/h2-3,10,14-17H,4-9,11-13H2,1H3,(H,31,33)/t15-,16+,17?. The Labute approximate surface area is 206 Å². The van der Waals surface area contributed by atoms with Crippen molar-refractivity contribution in [2.75, 3.05) is 45.3 Å². The molecule has 5 rings (SSSR count). The summed E-state index contributed by atoms with van der Waals surface area (Å²) in [6.45, 7) is 4.61. The predicted molar refractivity (Wildman–Crippen MR) is 123 cm³/mol. The van der Waals surface area contributed by atoms with Crippen molar-refractivity contribution in [2.45, 2.75) is 37.9 Å². The van der Waals surface area contributed by atoms with E-state index in [0.717, 1.165) is 70.7 Å². The van der Waals surface area contributed by atoms with Crippen LogP contribution >= 0.6 is 0 Å². The first-order valence-corrected chi connectivity index (χ1v) is 12.3. The molecule has 3 fully saturated rings. The zero-order valence-corrected chi connectivity index (χ0v) is 20.0. The summed E-state index contributed by atoms with van der Waals surface area (Å²) in [5.41, 5.74) is -1.88. The summed E-state index contributed by atoms with van der Waals surface area (Å²) in [5, 5.41) is 10.5. The van der Waals surface area contributed by atoms with E-state index in [1.165, 1.54) is 7.11 Å². The lowest BCUT2D eigenvalue weighted by Gasteiger charge is -2.28. The molecule has 2 saturated heterocycles. The van der Waals surface area contributed by atoms with Gasteiger partial charge in [-0.2, -0.15) is 17.6 Å². The van der Waals surface area contributed by atoms with Gasteiger partial charge in [-0.3, -0.25) is 0 Å². The topological polar surface area (TPSA) is 59.5 Å². The number of fused-ring (bicyclic) bond motifs is 1. The number of ether oxygens (including phenoxy) is 2. The Morgan fingerprint density at radius 3 is 2.39 bits per heavy atom. The molecular formula is C25H29F5N4O2. The number of rotatable bonds is 6. The lowest BCUT2D eigenvalue weighted by molar-refractivity contribution is -0.137. The van der Waals surface area contributed by atoms with Gasteiger partial charge in [0.25, 0.3) is 0 Å². The van der Waals surface area contributed by atoms with Crippen LogP contribution < -0.4 is 10.1 Å². The Morgan fingerprint density at radius 1 is 1.06 bits per heavy atom. The number of likely N-dealkylation sites (tertiary alicyclic amines) is 1. The van der Waals surface area contributed by atoms with Crippen molar-refractivity contribution >= 4 is 5.82 Å². The minimum absolute atomic E-state index is 0.151. The molecule has 0 amide bonds. The van der Waals surface area contributed by atoms with Crippen molar-refractivity contribution in [2.24, 2.45) is 17.8 Å². The van der Waals surface area contributed by atoms with Gasteiger partial charge in [0.2, 0.25) is 5.82 Å². The Balaban J connectivity index is 1.28. The Morgan fingerprint density at radius 2 is 1.75 bits per heavy atom. The van der Waals surface area contributed by atoms with Crippen molar-refractivity contribution in [1.82, 2.24) is 15.1 Å². The molecule has 11 heteroatoms. The average molecular weight is 513 g/mol. The first-order valence-electron chi connectivity index (χ1n) is 12.3. The van der Waals surface area contributed by atoms with E-state index in [0.29, 0.717) is 23.8 Å². The van der Waals surface area contributed by atoms with Gasteiger partial charge in [-0.05, 0) is 61.6 Å². The molecule has 0 spiro atoms. The number of methoxy groups -OCH3 is 1. The molecule has 36 heavy (non-hydrogen) atoms. The number of anilines is 1. The molecule has 3 aliphatic rings. The van der Waals surface area contributed by atoms with E-state index in [-0.39, 0.29) is 17.6 Å². The van der Waals surface area contributed by atoms with Crippen LogP contribution in [0.4, 0.5) is 27.8 Å². The van der Waals surface area contributed by atoms with Crippen LogP contribution in [0.25, 0.3) is 11.3 Å². The molecule has 0 bridgehead atoms. The van der Waals surface area contributed by atoms with Crippen molar-refractivity contribution in [3.63, 3.8) is 0 Å². The highest BCUT2D eigenvalue weighted by atomic mass is 19.4. The highest BCUT2D eigenvalue weighted by Crippen LogP contribution is 2.42. The van der Waals surface area contributed by atoms with E-state index in [9.17, 15) is 22.0 Å². The third-order valence-electron chi connectivity index (χ3n) is 7.67. The zero-order chi connectivity index (χ0) is 25.4. The second kappa shape index (κ2) is 10.1. The summed E-state index contributed by atoms with van der Waals surface area (Å²) in [7, 11) is 1.17. The number of halogens is 5. The molecule has 1 aromatic carbocycles. The highest BCUT2D eigenvalue weighted by molar-refractivity contribution is 5.64. The van der Waals surface area contributed by atoms with Crippen molar-refractivity contribution in [3.8, 4) is 17.0 Å². The third kappa shape index (κ3) is 5.13. The Hall–Kier alpha value is -2.53. The van der Waals surface area contributed by atoms with Crippen LogP contribution in [0.15, 0.2) is 18.2 Å². The second-order valence-corrected chi connectivity index (χ2v) is 10.0. The minimum atomic E-state index is -4.75. The van der Waals surface area contributed by atoms with Crippen LogP contribution in [0.3, 0.4) is 0 Å². The molecule has 2 aliphatic heterocycles. The fraction of sp³-hybridized carbons (Fsp3) is 0.600. The molecule has 1 saturated carbocycles. The number of alkyl halides is 3. The summed E-state index contributed by atoms with van der Waals surface area (Å²) in [5.74, 6) is -1.86. The maximum atomic E-state index is 14.5. The number of nitrogens with one attached hydrogen (secondary N) is 1. The van der Waals surface area contributed by atoms with Crippen LogP contribution in [0.1, 0.15) is 31.2 Å². The summed E-state index contributed by atoms with van der Waals surface area (Å²) in [6, 6.07) is 2.82. The average Bonchev–Trinajstić information content (AvgIpc) is 3.39. The molecule has 3 atom stereocenters. The van der Waals surface area contributed by atoms with Crippen molar-refractivity contribution in [1.29, 1.82) is 0 Å². The summed E-state index contributed by atoms with van der Waals surface area (Å²) in [6.07, 6.45) is -1.07. The van der Waals surface area contributed by atoms with E-state index in [1.807, 2.05) is 0 Å². The van der Waals surface area contributed by atoms with Gasteiger partial charge < -0.3 is 19.7 Å². The molecule has 1 aromatic heterocycles. The van der Waals surface area contributed by atoms with Crippen LogP contribution in [0.5, 0.6) is 5.75 Å². The lowest BCUT2D eigenvalue weighted by Crippen LogP contribution is -2.32. The molecular weight excluding hydrogens is 483 g/mol. The number of hydrogen-bond acceptors (Lipinski definition) is 6. The van der Waals surface area contributed by atoms with E-state index in [4.69, 9.17) is 9.47 Å². The Bertz CT molecular complexity index is 1080. The molecule has 2 aromatic rings.